The summed E-state index contributed by atoms with van der Waals surface area (Å²) in [5.41, 5.74) is 6.57. The van der Waals surface area contributed by atoms with Crippen molar-refractivity contribution in [2.75, 3.05) is 0 Å². The van der Waals surface area contributed by atoms with E-state index in [0.717, 1.165) is 19.3 Å². The van der Waals surface area contributed by atoms with Gasteiger partial charge < -0.3 is 15.8 Å². The second kappa shape index (κ2) is 7.85. The number of benzene rings is 1. The summed E-state index contributed by atoms with van der Waals surface area (Å²) >= 11 is 5.89. The minimum Gasteiger partial charge on any atom is -0.434 e. The van der Waals surface area contributed by atoms with Crippen LogP contribution < -0.4 is 15.8 Å². The van der Waals surface area contributed by atoms with Crippen LogP contribution >= 0.6 is 24.0 Å². The summed E-state index contributed by atoms with van der Waals surface area (Å²) in [5, 5.41) is 3.19. The van der Waals surface area contributed by atoms with E-state index < -0.39 is 6.61 Å². The number of nitrogens with one attached hydrogen (secondary N) is 1. The van der Waals surface area contributed by atoms with Gasteiger partial charge in [-0.25, -0.2) is 0 Å². The number of nitrogens with two attached hydrogens (primary N) is 1. The molecule has 0 radical (unpaired) electrons. The van der Waals surface area contributed by atoms with Crippen molar-refractivity contribution < 1.29 is 18.3 Å². The summed E-state index contributed by atoms with van der Waals surface area (Å²) < 4.78 is 29.3. The first kappa shape index (κ1) is 19.2. The van der Waals surface area contributed by atoms with E-state index in [9.17, 15) is 13.6 Å². The normalized spacial score (nSPS) is 27.9. The lowest BCUT2D eigenvalue weighted by Gasteiger charge is -2.27. The Labute approximate surface area is 150 Å². The molecule has 0 saturated heterocycles. The molecule has 3 rings (SSSR count). The predicted molar refractivity (Wildman–Crippen MR) is 89.5 cm³/mol. The largest absolute Gasteiger partial charge is 0.434 e. The number of halogens is 4. The van der Waals surface area contributed by atoms with E-state index >= 15 is 0 Å². The smallest absolute Gasteiger partial charge is 0.387 e. The number of alkyl halides is 2. The molecule has 4 atom stereocenters. The fourth-order valence-electron chi connectivity index (χ4n) is 3.92. The quantitative estimate of drug-likeness (QED) is 0.822. The number of amides is 1. The molecular weight excluding hydrogens is 361 g/mol. The topological polar surface area (TPSA) is 64.4 Å². The van der Waals surface area contributed by atoms with Crippen molar-refractivity contribution in [3.05, 3.63) is 28.8 Å². The van der Waals surface area contributed by atoms with Crippen molar-refractivity contribution in [2.45, 2.75) is 38.5 Å². The highest BCUT2D eigenvalue weighted by atomic mass is 35.5. The first-order valence-electron chi connectivity index (χ1n) is 7.72. The summed E-state index contributed by atoms with van der Waals surface area (Å²) in [4.78, 5) is 12.4. The van der Waals surface area contributed by atoms with Crippen LogP contribution in [0.25, 0.3) is 0 Å². The Kier molecular flexibility index (Phi) is 6.28. The van der Waals surface area contributed by atoms with Gasteiger partial charge in [-0.05, 0) is 49.3 Å². The summed E-state index contributed by atoms with van der Waals surface area (Å²) in [6.07, 6.45) is 3.14. The number of hydrogen-bond donors (Lipinski definition) is 2. The van der Waals surface area contributed by atoms with E-state index in [1.54, 1.807) is 0 Å². The van der Waals surface area contributed by atoms with Crippen LogP contribution in [0, 0.1) is 17.8 Å². The standard InChI is InChI=1S/C16H19ClF2N2O2.ClH/c17-11-3-4-12(23-16(18)19)10(6-11)7-21-15(22)13-8-1-2-9(5-8)14(13)20;/h3-4,6,8-9,13-14,16H,1-2,5,7,20H2,(H,21,22);1H. The third-order valence-electron chi connectivity index (χ3n) is 4.98. The maximum atomic E-state index is 12.4. The number of rotatable bonds is 5. The zero-order valence-electron chi connectivity index (χ0n) is 12.9. The first-order chi connectivity index (χ1) is 11.0. The molecule has 134 valence electrons. The Bertz CT molecular complexity index is 601. The Morgan fingerprint density at radius 2 is 2.08 bits per heavy atom. The SMILES string of the molecule is Cl.NC1C2CCC(C2)C1C(=O)NCc1cc(Cl)ccc1OC(F)F. The van der Waals surface area contributed by atoms with Gasteiger partial charge in [-0.15, -0.1) is 12.4 Å². The summed E-state index contributed by atoms with van der Waals surface area (Å²) in [5.74, 6) is 0.479. The van der Waals surface area contributed by atoms with Gasteiger partial charge in [0, 0.05) is 23.2 Å². The van der Waals surface area contributed by atoms with Crippen molar-refractivity contribution >= 4 is 29.9 Å². The van der Waals surface area contributed by atoms with Gasteiger partial charge in [0.05, 0.1) is 5.92 Å². The van der Waals surface area contributed by atoms with Crippen LogP contribution in [0.5, 0.6) is 5.75 Å². The molecule has 8 heteroatoms. The molecule has 2 aliphatic carbocycles. The third kappa shape index (κ3) is 3.92. The van der Waals surface area contributed by atoms with E-state index in [0.29, 0.717) is 22.4 Å². The van der Waals surface area contributed by atoms with Crippen LogP contribution in [-0.4, -0.2) is 18.6 Å². The second-order valence-corrected chi connectivity index (χ2v) is 6.72. The minimum atomic E-state index is -2.93. The summed E-state index contributed by atoms with van der Waals surface area (Å²) in [6, 6.07) is 4.25. The summed E-state index contributed by atoms with van der Waals surface area (Å²) in [7, 11) is 0. The van der Waals surface area contributed by atoms with E-state index in [1.807, 2.05) is 0 Å². The molecule has 24 heavy (non-hydrogen) atoms. The molecule has 4 nitrogen and oxygen atoms in total. The average Bonchev–Trinajstić information content (AvgIpc) is 3.07. The lowest BCUT2D eigenvalue weighted by atomic mass is 9.84. The van der Waals surface area contributed by atoms with Crippen molar-refractivity contribution in [2.24, 2.45) is 23.5 Å². The lowest BCUT2D eigenvalue weighted by molar-refractivity contribution is -0.127. The van der Waals surface area contributed by atoms with Gasteiger partial charge in [-0.2, -0.15) is 8.78 Å². The Morgan fingerprint density at radius 1 is 1.38 bits per heavy atom. The molecular formula is C16H20Cl2F2N2O2. The molecule has 2 aliphatic rings. The zero-order chi connectivity index (χ0) is 16.6. The van der Waals surface area contributed by atoms with Gasteiger partial charge in [0.1, 0.15) is 5.75 Å². The number of hydrogen-bond acceptors (Lipinski definition) is 3. The number of carbonyl (C=O) groups is 1. The van der Waals surface area contributed by atoms with Crippen LogP contribution in [-0.2, 0) is 11.3 Å². The molecule has 4 unspecified atom stereocenters. The van der Waals surface area contributed by atoms with Crippen molar-refractivity contribution in [3.63, 3.8) is 0 Å². The zero-order valence-corrected chi connectivity index (χ0v) is 14.5. The predicted octanol–water partition coefficient (Wildman–Crippen LogP) is 3.35. The molecule has 1 amide bonds. The monoisotopic (exact) mass is 380 g/mol. The number of carbonyl (C=O) groups excluding carboxylic acids is 1. The van der Waals surface area contributed by atoms with Gasteiger partial charge in [0.2, 0.25) is 5.91 Å². The van der Waals surface area contributed by atoms with Crippen LogP contribution in [0.1, 0.15) is 24.8 Å². The maximum absolute atomic E-state index is 12.4. The van der Waals surface area contributed by atoms with Gasteiger partial charge in [0.25, 0.3) is 0 Å². The Balaban J connectivity index is 0.00000208. The highest BCUT2D eigenvalue weighted by Crippen LogP contribution is 2.47. The number of ether oxygens (including phenoxy) is 1. The molecule has 2 bridgehead atoms. The van der Waals surface area contributed by atoms with Crippen molar-refractivity contribution in [1.82, 2.24) is 5.32 Å². The highest BCUT2D eigenvalue weighted by molar-refractivity contribution is 6.30. The molecule has 1 aromatic rings. The van der Waals surface area contributed by atoms with Crippen LogP contribution in [0.3, 0.4) is 0 Å². The van der Waals surface area contributed by atoms with Gasteiger partial charge in [-0.3, -0.25) is 4.79 Å². The molecule has 0 aromatic heterocycles. The van der Waals surface area contributed by atoms with E-state index in [4.69, 9.17) is 17.3 Å². The summed E-state index contributed by atoms with van der Waals surface area (Å²) in [6.45, 7) is -2.84. The van der Waals surface area contributed by atoms with Gasteiger partial charge in [0.15, 0.2) is 0 Å². The van der Waals surface area contributed by atoms with E-state index in [2.05, 4.69) is 10.1 Å². The van der Waals surface area contributed by atoms with E-state index in [-0.39, 0.29) is 42.6 Å². The van der Waals surface area contributed by atoms with Crippen LogP contribution in [0.4, 0.5) is 8.78 Å². The van der Waals surface area contributed by atoms with Crippen LogP contribution in [0.2, 0.25) is 5.02 Å². The average molecular weight is 381 g/mol. The fourth-order valence-corrected chi connectivity index (χ4v) is 4.12. The Morgan fingerprint density at radius 3 is 2.71 bits per heavy atom. The second-order valence-electron chi connectivity index (χ2n) is 6.28. The van der Waals surface area contributed by atoms with Crippen LogP contribution in [0.15, 0.2) is 18.2 Å². The first-order valence-corrected chi connectivity index (χ1v) is 8.10. The molecule has 2 fully saturated rings. The van der Waals surface area contributed by atoms with Crippen molar-refractivity contribution in [3.8, 4) is 5.75 Å². The number of fused-ring (bicyclic) bond motifs is 2. The molecule has 2 saturated carbocycles. The van der Waals surface area contributed by atoms with Crippen molar-refractivity contribution in [1.29, 1.82) is 0 Å². The third-order valence-corrected chi connectivity index (χ3v) is 5.21. The maximum Gasteiger partial charge on any atom is 0.387 e. The minimum absolute atomic E-state index is 0. The molecule has 0 aliphatic heterocycles. The van der Waals surface area contributed by atoms with Gasteiger partial charge >= 0.3 is 6.61 Å². The van der Waals surface area contributed by atoms with Gasteiger partial charge in [-0.1, -0.05) is 11.6 Å². The fraction of sp³-hybridized carbons (Fsp3) is 0.562. The Hall–Kier alpha value is -1.11. The molecule has 0 heterocycles. The molecule has 0 spiro atoms. The molecule has 3 N–H and O–H groups in total. The molecule has 1 aromatic carbocycles. The van der Waals surface area contributed by atoms with E-state index in [1.165, 1.54) is 18.2 Å². The lowest BCUT2D eigenvalue weighted by Crippen LogP contribution is -2.45. The highest BCUT2D eigenvalue weighted by Gasteiger charge is 2.48.